The van der Waals surface area contributed by atoms with E-state index in [2.05, 4.69) is 14.1 Å². The van der Waals surface area contributed by atoms with Crippen LogP contribution in [-0.2, 0) is 0 Å². The summed E-state index contributed by atoms with van der Waals surface area (Å²) < 4.78 is 16.1. The van der Waals surface area contributed by atoms with Crippen molar-refractivity contribution in [2.45, 2.75) is 18.9 Å². The molecule has 1 N–H and O–H groups in total. The third-order valence-corrected chi connectivity index (χ3v) is 4.04. The van der Waals surface area contributed by atoms with E-state index in [1.54, 1.807) is 0 Å². The molecule has 1 aliphatic rings. The van der Waals surface area contributed by atoms with Gasteiger partial charge in [-0.3, -0.25) is 0 Å². The van der Waals surface area contributed by atoms with Crippen molar-refractivity contribution < 1.29 is 33.7 Å². The highest BCUT2D eigenvalue weighted by Crippen LogP contribution is 2.37. The van der Waals surface area contributed by atoms with Crippen LogP contribution in [0, 0.1) is 0 Å². The van der Waals surface area contributed by atoms with Crippen molar-refractivity contribution in [1.29, 1.82) is 0 Å². The molecule has 0 atom stereocenters. The Bertz CT molecular complexity index is 529. The van der Waals surface area contributed by atoms with Gasteiger partial charge < -0.3 is 33.7 Å². The predicted molar refractivity (Wildman–Crippen MR) is 97.8 cm³/mol. The number of aromatic carboxylic acids is 1. The Balaban J connectivity index is 0.000000495. The van der Waals surface area contributed by atoms with Gasteiger partial charge in [0.05, 0.1) is 60.6 Å². The molecule has 8 heteroatoms. The highest BCUT2D eigenvalue weighted by atomic mass is 79.9. The molecule has 7 nitrogen and oxygen atoms in total. The fourth-order valence-corrected chi connectivity index (χ4v) is 2.45. The minimum Gasteiger partial charge on any atom is -0.545 e. The Hall–Kier alpha value is -1.51. The quantitative estimate of drug-likeness (QED) is 0.725. The number of methoxy groups -OCH3 is 3. The number of halogens is 1. The average Bonchev–Trinajstić information content (AvgIpc) is 2.56. The molecular formula is C17H28BrNO6. The molecule has 2 rings (SSSR count). The van der Waals surface area contributed by atoms with E-state index in [9.17, 15) is 9.90 Å². The van der Waals surface area contributed by atoms with Gasteiger partial charge in [-0.1, -0.05) is 0 Å². The van der Waals surface area contributed by atoms with Crippen LogP contribution in [0.25, 0.3) is 0 Å². The molecular weight excluding hydrogens is 394 g/mol. The number of likely N-dealkylation sites (tertiary alicyclic amines) is 1. The Morgan fingerprint density at radius 2 is 1.52 bits per heavy atom. The summed E-state index contributed by atoms with van der Waals surface area (Å²) >= 11 is 0. The Labute approximate surface area is 159 Å². The predicted octanol–water partition coefficient (Wildman–Crippen LogP) is 0.871. The Kier molecular flexibility index (Phi) is 9.84. The molecule has 0 aromatic heterocycles. The van der Waals surface area contributed by atoms with Gasteiger partial charge in [-0.2, -0.15) is 0 Å². The van der Waals surface area contributed by atoms with E-state index in [0.29, 0.717) is 5.75 Å². The zero-order valence-electron chi connectivity index (χ0n) is 15.4. The number of hydrogen-bond acceptors (Lipinski definition) is 6. The van der Waals surface area contributed by atoms with Gasteiger partial charge in [-0.05, 0) is 12.1 Å². The number of carbonyl (C=O) groups is 1. The van der Waals surface area contributed by atoms with E-state index >= 15 is 0 Å². The Morgan fingerprint density at radius 1 is 1.08 bits per heavy atom. The number of piperidine rings is 1. The maximum Gasteiger partial charge on any atom is 0.203 e. The molecule has 1 aliphatic heterocycles. The number of ether oxygens (including phenoxy) is 3. The number of aliphatic hydroxyl groups excluding tert-OH is 1. The number of nitrogens with zero attached hydrogens (tertiary/aromatic N) is 1. The van der Waals surface area contributed by atoms with Crippen molar-refractivity contribution in [1.82, 2.24) is 0 Å². The lowest BCUT2D eigenvalue weighted by molar-refractivity contribution is -0.896. The van der Waals surface area contributed by atoms with Crippen molar-refractivity contribution in [3.05, 3.63) is 17.7 Å². The second kappa shape index (κ2) is 10.5. The summed E-state index contributed by atoms with van der Waals surface area (Å²) in [5.41, 5.74) is -0.0236. The molecule has 0 spiro atoms. The van der Waals surface area contributed by atoms with Gasteiger partial charge in [0.25, 0.3) is 0 Å². The molecule has 1 aromatic carbocycles. The summed E-state index contributed by atoms with van der Waals surface area (Å²) in [6, 6.07) is 2.63. The first kappa shape index (κ1) is 23.5. The normalized spacial score (nSPS) is 15.9. The summed E-state index contributed by atoms with van der Waals surface area (Å²) in [5.74, 6) is -0.369. The maximum absolute atomic E-state index is 10.7. The Morgan fingerprint density at radius 3 is 1.80 bits per heavy atom. The van der Waals surface area contributed by atoms with Crippen molar-refractivity contribution in [2.24, 2.45) is 0 Å². The summed E-state index contributed by atoms with van der Waals surface area (Å²) in [4.78, 5) is 10.7. The standard InChI is InChI=1S/C10H12O5.C7H16NO.BrH/c1-13-7-4-6(10(11)12)5-8(14-2)9(7)15-3;1-8(2)5-3-7(9)4-6-8;/h4-5H,1-3H3,(H,11,12);7,9H,3-6H2,1-2H3;1H/q;+1;/p-1. The largest absolute Gasteiger partial charge is 0.545 e. The first-order valence-electron chi connectivity index (χ1n) is 7.75. The fraction of sp³-hybridized carbons (Fsp3) is 0.588. The maximum atomic E-state index is 10.7. The molecule has 1 heterocycles. The average molecular weight is 422 g/mol. The molecule has 0 unspecified atom stereocenters. The zero-order chi connectivity index (χ0) is 18.3. The number of carboxylic acid groups (broad SMARTS) is 1. The van der Waals surface area contributed by atoms with Crippen LogP contribution in [0.1, 0.15) is 23.2 Å². The van der Waals surface area contributed by atoms with Crippen molar-refractivity contribution >= 4 is 23.0 Å². The molecule has 25 heavy (non-hydrogen) atoms. The van der Waals surface area contributed by atoms with Gasteiger partial charge in [-0.25, -0.2) is 0 Å². The van der Waals surface area contributed by atoms with Gasteiger partial charge in [0, 0.05) is 18.4 Å². The van der Waals surface area contributed by atoms with Gasteiger partial charge in [0.15, 0.2) is 11.5 Å². The van der Waals surface area contributed by atoms with E-state index < -0.39 is 5.97 Å². The zero-order valence-corrected chi connectivity index (χ0v) is 17.1. The number of rotatable bonds is 4. The van der Waals surface area contributed by atoms with Crippen LogP contribution in [0.3, 0.4) is 0 Å². The number of carbonyl (C=O) groups excluding carboxylic acids is 1. The second-order valence-electron chi connectivity index (χ2n) is 6.32. The monoisotopic (exact) mass is 421 g/mol. The molecule has 0 amide bonds. The van der Waals surface area contributed by atoms with E-state index in [0.717, 1.165) is 30.4 Å². The van der Waals surface area contributed by atoms with E-state index in [4.69, 9.17) is 19.3 Å². The molecule has 0 aliphatic carbocycles. The minimum atomic E-state index is -1.30. The van der Waals surface area contributed by atoms with Gasteiger partial charge in [-0.15, -0.1) is 17.0 Å². The molecule has 0 saturated carbocycles. The lowest BCUT2D eigenvalue weighted by Gasteiger charge is -2.35. The first-order valence-corrected chi connectivity index (χ1v) is 7.75. The number of hydrogen-bond donors (Lipinski definition) is 1. The molecule has 1 fully saturated rings. The molecule has 1 saturated heterocycles. The number of aliphatic hydroxyl groups is 1. The van der Waals surface area contributed by atoms with Crippen LogP contribution < -0.4 is 19.3 Å². The summed E-state index contributed by atoms with van der Waals surface area (Å²) in [6.45, 7) is 2.25. The number of quaternary nitrogens is 1. The van der Waals surface area contributed by atoms with Gasteiger partial charge >= 0.3 is 0 Å². The van der Waals surface area contributed by atoms with E-state index in [1.165, 1.54) is 33.5 Å². The van der Waals surface area contributed by atoms with Crippen molar-refractivity contribution in [3.8, 4) is 17.2 Å². The highest BCUT2D eigenvalue weighted by Gasteiger charge is 2.23. The number of carboxylic acids is 1. The van der Waals surface area contributed by atoms with Crippen molar-refractivity contribution in [2.75, 3.05) is 48.5 Å². The highest BCUT2D eigenvalue weighted by molar-refractivity contribution is 8.93. The second-order valence-corrected chi connectivity index (χ2v) is 6.32. The van der Waals surface area contributed by atoms with Crippen LogP contribution >= 0.6 is 17.0 Å². The fourth-order valence-electron chi connectivity index (χ4n) is 2.45. The van der Waals surface area contributed by atoms with E-state index in [-0.39, 0.29) is 40.1 Å². The topological polar surface area (TPSA) is 88.1 Å². The van der Waals surface area contributed by atoms with Crippen LogP contribution in [0.2, 0.25) is 0 Å². The third kappa shape index (κ3) is 7.09. The molecule has 144 valence electrons. The van der Waals surface area contributed by atoms with Crippen LogP contribution in [0.15, 0.2) is 12.1 Å². The van der Waals surface area contributed by atoms with Gasteiger partial charge in [0.1, 0.15) is 0 Å². The summed E-state index contributed by atoms with van der Waals surface area (Å²) in [7, 11) is 8.70. The third-order valence-electron chi connectivity index (χ3n) is 4.04. The smallest absolute Gasteiger partial charge is 0.203 e. The van der Waals surface area contributed by atoms with Crippen molar-refractivity contribution in [3.63, 3.8) is 0 Å². The lowest BCUT2D eigenvalue weighted by atomic mass is 10.1. The van der Waals surface area contributed by atoms with E-state index in [1.807, 2.05) is 0 Å². The SMILES string of the molecule is Br.COc1cc(C(=O)[O-])cc(OC)c1OC.C[N+]1(C)CCC(O)CC1. The minimum absolute atomic E-state index is 0. The summed E-state index contributed by atoms with van der Waals surface area (Å²) in [5, 5.41) is 19.8. The van der Waals surface area contributed by atoms with Crippen LogP contribution in [-0.4, -0.2) is 70.2 Å². The first-order chi connectivity index (χ1) is 11.2. The van der Waals surface area contributed by atoms with Crippen LogP contribution in [0.4, 0.5) is 0 Å². The summed E-state index contributed by atoms with van der Waals surface area (Å²) in [6.07, 6.45) is 1.94. The number of benzene rings is 1. The van der Waals surface area contributed by atoms with Gasteiger partial charge in [0.2, 0.25) is 5.75 Å². The van der Waals surface area contributed by atoms with Crippen LogP contribution in [0.5, 0.6) is 17.2 Å². The molecule has 0 radical (unpaired) electrons. The lowest BCUT2D eigenvalue weighted by Crippen LogP contribution is -2.47. The molecule has 1 aromatic rings. The molecule has 0 bridgehead atoms.